The maximum Gasteiger partial charge on any atom is 0.251 e. The van der Waals surface area contributed by atoms with Crippen LogP contribution in [0.1, 0.15) is 59.3 Å². The molecule has 4 nitrogen and oxygen atoms in total. The summed E-state index contributed by atoms with van der Waals surface area (Å²) in [7, 11) is 0. The molecule has 2 bridgehead atoms. The van der Waals surface area contributed by atoms with Gasteiger partial charge in [0.25, 0.3) is 5.91 Å². The summed E-state index contributed by atoms with van der Waals surface area (Å²) in [6, 6.07) is 0. The van der Waals surface area contributed by atoms with Gasteiger partial charge in [-0.3, -0.25) is 9.59 Å². The lowest BCUT2D eigenvalue weighted by molar-refractivity contribution is -0.121. The van der Waals surface area contributed by atoms with E-state index in [0.29, 0.717) is 16.5 Å². The molecule has 118 valence electrons. The van der Waals surface area contributed by atoms with Crippen LogP contribution in [0.4, 0.5) is 5.00 Å². The molecule has 2 saturated carbocycles. The zero-order valence-corrected chi connectivity index (χ0v) is 13.5. The SMILES string of the molecule is NC(=O)c1c(NC(=O)[C@H]2C[C@H]3CC[C@@H]2C3)sc2c1CCCC2. The number of nitrogens with one attached hydrogen (secondary N) is 1. The Hall–Kier alpha value is -1.36. The van der Waals surface area contributed by atoms with E-state index in [0.717, 1.165) is 43.6 Å². The number of rotatable bonds is 3. The van der Waals surface area contributed by atoms with Crippen molar-refractivity contribution < 1.29 is 9.59 Å². The minimum Gasteiger partial charge on any atom is -0.365 e. The number of thiophene rings is 1. The highest BCUT2D eigenvalue weighted by Gasteiger charge is 2.43. The summed E-state index contributed by atoms with van der Waals surface area (Å²) in [6.45, 7) is 0. The third kappa shape index (κ3) is 2.26. The lowest BCUT2D eigenvalue weighted by Gasteiger charge is -2.20. The molecule has 0 unspecified atom stereocenters. The van der Waals surface area contributed by atoms with Crippen LogP contribution < -0.4 is 11.1 Å². The molecule has 3 aliphatic rings. The Morgan fingerprint density at radius 3 is 2.64 bits per heavy atom. The van der Waals surface area contributed by atoms with Crippen molar-refractivity contribution in [3.8, 4) is 0 Å². The zero-order valence-electron chi connectivity index (χ0n) is 12.7. The van der Waals surface area contributed by atoms with Crippen molar-refractivity contribution in [1.29, 1.82) is 0 Å². The van der Waals surface area contributed by atoms with Gasteiger partial charge in [-0.05, 0) is 62.3 Å². The van der Waals surface area contributed by atoms with Gasteiger partial charge in [-0.1, -0.05) is 6.42 Å². The van der Waals surface area contributed by atoms with Crippen LogP contribution in [0.25, 0.3) is 0 Å². The molecule has 1 heterocycles. The van der Waals surface area contributed by atoms with Gasteiger partial charge in [0.2, 0.25) is 5.91 Å². The summed E-state index contributed by atoms with van der Waals surface area (Å²) in [5.41, 5.74) is 7.26. The van der Waals surface area contributed by atoms with E-state index < -0.39 is 5.91 Å². The predicted octanol–water partition coefficient (Wildman–Crippen LogP) is 3.10. The molecule has 5 heteroatoms. The molecular weight excluding hydrogens is 296 g/mol. The molecule has 0 spiro atoms. The van der Waals surface area contributed by atoms with Gasteiger partial charge in [0.1, 0.15) is 5.00 Å². The highest BCUT2D eigenvalue weighted by atomic mass is 32.1. The molecule has 0 saturated heterocycles. The predicted molar refractivity (Wildman–Crippen MR) is 87.0 cm³/mol. The largest absolute Gasteiger partial charge is 0.365 e. The monoisotopic (exact) mass is 318 g/mol. The first kappa shape index (κ1) is 14.2. The van der Waals surface area contributed by atoms with Crippen LogP contribution >= 0.6 is 11.3 Å². The van der Waals surface area contributed by atoms with Gasteiger partial charge in [-0.15, -0.1) is 11.3 Å². The first-order valence-electron chi connectivity index (χ1n) is 8.38. The van der Waals surface area contributed by atoms with Gasteiger partial charge in [0.15, 0.2) is 0 Å². The lowest BCUT2D eigenvalue weighted by Crippen LogP contribution is -2.28. The summed E-state index contributed by atoms with van der Waals surface area (Å²) in [5, 5.41) is 3.76. The van der Waals surface area contributed by atoms with Crippen molar-refractivity contribution in [2.75, 3.05) is 5.32 Å². The Kier molecular flexibility index (Phi) is 3.48. The number of carbonyl (C=O) groups excluding carboxylic acids is 2. The maximum atomic E-state index is 12.6. The molecule has 22 heavy (non-hydrogen) atoms. The molecule has 1 aromatic rings. The minimum absolute atomic E-state index is 0.105. The van der Waals surface area contributed by atoms with E-state index in [1.807, 2.05) is 0 Å². The fourth-order valence-corrected chi connectivity index (χ4v) is 5.98. The number of nitrogens with two attached hydrogens (primary N) is 1. The van der Waals surface area contributed by atoms with E-state index in [1.54, 1.807) is 11.3 Å². The maximum absolute atomic E-state index is 12.6. The second-order valence-electron chi connectivity index (χ2n) is 7.05. The van der Waals surface area contributed by atoms with E-state index in [9.17, 15) is 9.59 Å². The number of amides is 2. The molecule has 0 aromatic carbocycles. The lowest BCUT2D eigenvalue weighted by atomic mass is 9.88. The molecule has 0 aliphatic heterocycles. The van der Waals surface area contributed by atoms with Crippen LogP contribution in [0.3, 0.4) is 0 Å². The third-order valence-corrected chi connectivity index (χ3v) is 6.94. The van der Waals surface area contributed by atoms with Gasteiger partial charge < -0.3 is 11.1 Å². The van der Waals surface area contributed by atoms with E-state index >= 15 is 0 Å². The molecular formula is C17H22N2O2S. The van der Waals surface area contributed by atoms with E-state index in [4.69, 9.17) is 5.73 Å². The van der Waals surface area contributed by atoms with Gasteiger partial charge in [0.05, 0.1) is 5.56 Å². The van der Waals surface area contributed by atoms with Gasteiger partial charge >= 0.3 is 0 Å². The summed E-state index contributed by atoms with van der Waals surface area (Å²) in [5.74, 6) is 1.14. The zero-order chi connectivity index (χ0) is 15.3. The average molecular weight is 318 g/mol. The fraction of sp³-hybridized carbons (Fsp3) is 0.647. The van der Waals surface area contributed by atoms with Crippen LogP contribution in [0, 0.1) is 17.8 Å². The number of fused-ring (bicyclic) bond motifs is 3. The van der Waals surface area contributed by atoms with E-state index in [2.05, 4.69) is 5.32 Å². The van der Waals surface area contributed by atoms with Gasteiger partial charge in [-0.2, -0.15) is 0 Å². The highest BCUT2D eigenvalue weighted by molar-refractivity contribution is 7.17. The molecule has 3 N–H and O–H groups in total. The van der Waals surface area contributed by atoms with Crippen LogP contribution in [0.15, 0.2) is 0 Å². The Bertz CT molecular complexity index is 637. The summed E-state index contributed by atoms with van der Waals surface area (Å²) in [6.07, 6.45) is 8.88. The number of primary amides is 1. The normalized spacial score (nSPS) is 29.4. The Labute approximate surface area is 134 Å². The van der Waals surface area contributed by atoms with Crippen molar-refractivity contribution >= 4 is 28.2 Å². The first-order chi connectivity index (χ1) is 10.6. The molecule has 2 amide bonds. The van der Waals surface area contributed by atoms with Crippen molar-refractivity contribution in [2.24, 2.45) is 23.5 Å². The van der Waals surface area contributed by atoms with E-state index in [1.165, 1.54) is 24.1 Å². The smallest absolute Gasteiger partial charge is 0.251 e. The first-order valence-corrected chi connectivity index (χ1v) is 9.20. The van der Waals surface area contributed by atoms with E-state index in [-0.39, 0.29) is 11.8 Å². The van der Waals surface area contributed by atoms with Gasteiger partial charge in [-0.25, -0.2) is 0 Å². The Balaban J connectivity index is 1.58. The topological polar surface area (TPSA) is 72.2 Å². The number of carbonyl (C=O) groups is 2. The van der Waals surface area contributed by atoms with Crippen LogP contribution in [0.5, 0.6) is 0 Å². The minimum atomic E-state index is -0.400. The van der Waals surface area contributed by atoms with Crippen LogP contribution in [-0.4, -0.2) is 11.8 Å². The Morgan fingerprint density at radius 1 is 1.14 bits per heavy atom. The fourth-order valence-electron chi connectivity index (χ4n) is 4.69. The number of hydrogen-bond acceptors (Lipinski definition) is 3. The van der Waals surface area contributed by atoms with Crippen molar-refractivity contribution in [2.45, 2.75) is 51.4 Å². The van der Waals surface area contributed by atoms with Crippen LogP contribution in [-0.2, 0) is 17.6 Å². The van der Waals surface area contributed by atoms with Gasteiger partial charge in [0, 0.05) is 10.8 Å². The number of aryl methyl sites for hydroxylation is 1. The van der Waals surface area contributed by atoms with Crippen molar-refractivity contribution in [3.63, 3.8) is 0 Å². The third-order valence-electron chi connectivity index (χ3n) is 5.73. The quantitative estimate of drug-likeness (QED) is 0.899. The molecule has 4 rings (SSSR count). The average Bonchev–Trinajstić information content (AvgIpc) is 3.19. The molecule has 3 atom stereocenters. The highest BCUT2D eigenvalue weighted by Crippen LogP contribution is 2.49. The van der Waals surface area contributed by atoms with Crippen molar-refractivity contribution in [3.05, 3.63) is 16.0 Å². The second-order valence-corrected chi connectivity index (χ2v) is 8.16. The van der Waals surface area contributed by atoms with Crippen molar-refractivity contribution in [1.82, 2.24) is 0 Å². The molecule has 1 aromatic heterocycles. The standard InChI is InChI=1S/C17H22N2O2S/c18-15(20)14-11-3-1-2-4-13(11)22-17(14)19-16(21)12-8-9-5-6-10(12)7-9/h9-10,12H,1-8H2,(H2,18,20)(H,19,21)/t9-,10+,12-/m0/s1. The summed E-state index contributed by atoms with van der Waals surface area (Å²) >= 11 is 1.56. The van der Waals surface area contributed by atoms with Crippen LogP contribution in [0.2, 0.25) is 0 Å². The number of anilines is 1. The Morgan fingerprint density at radius 2 is 1.95 bits per heavy atom. The number of hydrogen-bond donors (Lipinski definition) is 2. The molecule has 3 aliphatic carbocycles. The molecule has 2 fully saturated rings. The molecule has 0 radical (unpaired) electrons. The summed E-state index contributed by atoms with van der Waals surface area (Å²) in [4.78, 5) is 25.7. The second kappa shape index (κ2) is 5.37. The summed E-state index contributed by atoms with van der Waals surface area (Å²) < 4.78 is 0.